The fourth-order valence-electron chi connectivity index (χ4n) is 1.68. The third kappa shape index (κ3) is 2.16. The number of hydrogen-bond acceptors (Lipinski definition) is 5. The summed E-state index contributed by atoms with van der Waals surface area (Å²) in [5.41, 5.74) is -1.96. The molecule has 0 bridgehead atoms. The van der Waals surface area contributed by atoms with E-state index in [4.69, 9.17) is 10.9 Å². The Balaban J connectivity index is 2.81. The fraction of sp³-hybridized carbons (Fsp3) is 0. The van der Waals surface area contributed by atoms with Gasteiger partial charge in [0.2, 0.25) is 9.84 Å². The fourth-order valence-corrected chi connectivity index (χ4v) is 3.13. The zero-order chi connectivity index (χ0) is 14.9. The number of carboxylic acid groups (broad SMARTS) is 1. The topological polar surface area (TPSA) is 119 Å². The van der Waals surface area contributed by atoms with Crippen molar-refractivity contribution >= 4 is 15.8 Å². The van der Waals surface area contributed by atoms with E-state index in [-0.39, 0.29) is 4.90 Å². The Kier molecular flexibility index (Phi) is 3.33. The third-order valence-corrected chi connectivity index (χ3v) is 4.45. The SMILES string of the molecule is Nn1ccc(S(=O)(=O)c2ccccc2)c(C(=O)O)c1=O. The minimum absolute atomic E-state index is 0.100. The van der Waals surface area contributed by atoms with Gasteiger partial charge in [0.1, 0.15) is 5.56 Å². The summed E-state index contributed by atoms with van der Waals surface area (Å²) >= 11 is 0. The molecule has 0 radical (unpaired) electrons. The van der Waals surface area contributed by atoms with Gasteiger partial charge in [-0.05, 0) is 18.2 Å². The molecule has 0 fully saturated rings. The molecule has 20 heavy (non-hydrogen) atoms. The van der Waals surface area contributed by atoms with E-state index in [1.54, 1.807) is 6.07 Å². The minimum atomic E-state index is -4.10. The van der Waals surface area contributed by atoms with Crippen molar-refractivity contribution in [3.05, 3.63) is 58.5 Å². The van der Waals surface area contributed by atoms with Crippen molar-refractivity contribution in [2.75, 3.05) is 5.84 Å². The standard InChI is InChI=1S/C12H10N2O5S/c13-14-7-6-9(10(11(14)15)12(16)17)20(18,19)8-4-2-1-3-5-8/h1-7H,13H2,(H,16,17). The lowest BCUT2D eigenvalue weighted by atomic mass is 10.3. The smallest absolute Gasteiger partial charge is 0.342 e. The van der Waals surface area contributed by atoms with Crippen LogP contribution in [-0.4, -0.2) is 24.2 Å². The van der Waals surface area contributed by atoms with E-state index >= 15 is 0 Å². The molecule has 1 aromatic carbocycles. The Morgan fingerprint density at radius 3 is 2.30 bits per heavy atom. The van der Waals surface area contributed by atoms with Crippen LogP contribution >= 0.6 is 0 Å². The number of sulfone groups is 1. The molecule has 1 heterocycles. The second kappa shape index (κ2) is 4.82. The maximum atomic E-state index is 12.4. The molecule has 3 N–H and O–H groups in total. The van der Waals surface area contributed by atoms with Crippen LogP contribution in [0.25, 0.3) is 0 Å². The number of nitrogens with zero attached hydrogens (tertiary/aromatic N) is 1. The molecule has 2 rings (SSSR count). The zero-order valence-electron chi connectivity index (χ0n) is 10.1. The predicted octanol–water partition coefficient (Wildman–Crippen LogP) is 0.0931. The van der Waals surface area contributed by atoms with Crippen LogP contribution < -0.4 is 11.4 Å². The quantitative estimate of drug-likeness (QED) is 0.774. The molecule has 0 unspecified atom stereocenters. The van der Waals surface area contributed by atoms with Gasteiger partial charge in [-0.2, -0.15) is 0 Å². The van der Waals surface area contributed by atoms with Crippen LogP contribution in [0.4, 0.5) is 0 Å². The average Bonchev–Trinajstić information content (AvgIpc) is 2.42. The molecule has 0 saturated carbocycles. The summed E-state index contributed by atoms with van der Waals surface area (Å²) in [6.45, 7) is 0. The monoisotopic (exact) mass is 294 g/mol. The molecule has 0 spiro atoms. The van der Waals surface area contributed by atoms with Gasteiger partial charge in [0, 0.05) is 6.20 Å². The number of pyridine rings is 1. The Hall–Kier alpha value is -2.61. The Labute approximate surface area is 113 Å². The number of aromatic carboxylic acids is 1. The molecule has 0 saturated heterocycles. The number of carbonyl (C=O) groups is 1. The predicted molar refractivity (Wildman–Crippen MR) is 69.7 cm³/mol. The van der Waals surface area contributed by atoms with E-state index in [9.17, 15) is 18.0 Å². The summed E-state index contributed by atoms with van der Waals surface area (Å²) in [4.78, 5) is 22.2. The average molecular weight is 294 g/mol. The van der Waals surface area contributed by atoms with E-state index in [0.29, 0.717) is 4.68 Å². The zero-order valence-corrected chi connectivity index (χ0v) is 10.9. The number of nitrogen functional groups attached to an aromatic ring is 1. The number of aromatic nitrogens is 1. The van der Waals surface area contributed by atoms with Gasteiger partial charge in [0.05, 0.1) is 9.79 Å². The molecule has 0 aliphatic heterocycles. The first-order valence-electron chi connectivity index (χ1n) is 5.40. The Morgan fingerprint density at radius 1 is 1.15 bits per heavy atom. The first kappa shape index (κ1) is 13.8. The van der Waals surface area contributed by atoms with Crippen molar-refractivity contribution < 1.29 is 18.3 Å². The van der Waals surface area contributed by atoms with E-state index in [1.165, 1.54) is 24.3 Å². The largest absolute Gasteiger partial charge is 0.477 e. The first-order chi connectivity index (χ1) is 9.35. The maximum Gasteiger partial charge on any atom is 0.342 e. The van der Waals surface area contributed by atoms with Crippen molar-refractivity contribution in [3.63, 3.8) is 0 Å². The lowest BCUT2D eigenvalue weighted by Gasteiger charge is -2.08. The minimum Gasteiger partial charge on any atom is -0.477 e. The summed E-state index contributed by atoms with van der Waals surface area (Å²) in [5, 5.41) is 9.05. The highest BCUT2D eigenvalue weighted by molar-refractivity contribution is 7.91. The van der Waals surface area contributed by atoms with Crippen LogP contribution in [-0.2, 0) is 9.84 Å². The Morgan fingerprint density at radius 2 is 1.75 bits per heavy atom. The van der Waals surface area contributed by atoms with Gasteiger partial charge < -0.3 is 10.9 Å². The van der Waals surface area contributed by atoms with E-state index in [1.807, 2.05) is 0 Å². The molecule has 7 nitrogen and oxygen atoms in total. The highest BCUT2D eigenvalue weighted by Crippen LogP contribution is 2.21. The number of benzene rings is 1. The normalized spacial score (nSPS) is 11.2. The lowest BCUT2D eigenvalue weighted by Crippen LogP contribution is -2.33. The van der Waals surface area contributed by atoms with Gasteiger partial charge in [0.15, 0.2) is 0 Å². The van der Waals surface area contributed by atoms with Crippen molar-refractivity contribution in [1.82, 2.24) is 4.68 Å². The summed E-state index contributed by atoms with van der Waals surface area (Å²) < 4.78 is 25.3. The van der Waals surface area contributed by atoms with Gasteiger partial charge >= 0.3 is 5.97 Å². The number of rotatable bonds is 3. The molecule has 0 atom stereocenters. The van der Waals surface area contributed by atoms with Crippen molar-refractivity contribution in [3.8, 4) is 0 Å². The molecule has 104 valence electrons. The van der Waals surface area contributed by atoms with Gasteiger partial charge in [0.25, 0.3) is 5.56 Å². The van der Waals surface area contributed by atoms with E-state index < -0.39 is 31.8 Å². The van der Waals surface area contributed by atoms with Crippen molar-refractivity contribution in [1.29, 1.82) is 0 Å². The van der Waals surface area contributed by atoms with E-state index in [2.05, 4.69) is 0 Å². The van der Waals surface area contributed by atoms with Crippen molar-refractivity contribution in [2.45, 2.75) is 9.79 Å². The van der Waals surface area contributed by atoms with Gasteiger partial charge in [-0.15, -0.1) is 0 Å². The van der Waals surface area contributed by atoms with Crippen LogP contribution in [0, 0.1) is 0 Å². The van der Waals surface area contributed by atoms with Gasteiger partial charge in [-0.1, -0.05) is 18.2 Å². The Bertz CT molecular complexity index is 825. The lowest BCUT2D eigenvalue weighted by molar-refractivity contribution is 0.0690. The molecule has 8 heteroatoms. The van der Waals surface area contributed by atoms with Crippen LogP contribution in [0.2, 0.25) is 0 Å². The molecule has 0 aliphatic rings. The van der Waals surface area contributed by atoms with Gasteiger partial charge in [-0.3, -0.25) is 4.79 Å². The third-order valence-electron chi connectivity index (χ3n) is 2.64. The molecule has 2 aromatic rings. The van der Waals surface area contributed by atoms with Crippen LogP contribution in [0.1, 0.15) is 10.4 Å². The van der Waals surface area contributed by atoms with Crippen LogP contribution in [0.3, 0.4) is 0 Å². The number of nitrogens with two attached hydrogens (primary N) is 1. The summed E-state index contributed by atoms with van der Waals surface area (Å²) in [6.07, 6.45) is 1.00. The molecule has 0 aliphatic carbocycles. The molecule has 1 aromatic heterocycles. The number of carboxylic acids is 1. The second-order valence-corrected chi connectivity index (χ2v) is 5.81. The summed E-state index contributed by atoms with van der Waals surface area (Å²) in [7, 11) is -4.10. The first-order valence-corrected chi connectivity index (χ1v) is 6.88. The maximum absolute atomic E-state index is 12.4. The van der Waals surface area contributed by atoms with Crippen LogP contribution in [0.5, 0.6) is 0 Å². The molecular formula is C12H10N2O5S. The van der Waals surface area contributed by atoms with Gasteiger partial charge in [-0.25, -0.2) is 17.9 Å². The van der Waals surface area contributed by atoms with E-state index in [0.717, 1.165) is 12.3 Å². The second-order valence-electron chi connectivity index (χ2n) is 3.89. The molecular weight excluding hydrogens is 284 g/mol. The number of hydrogen-bond donors (Lipinski definition) is 2. The highest BCUT2D eigenvalue weighted by atomic mass is 32.2. The van der Waals surface area contributed by atoms with Crippen molar-refractivity contribution in [2.24, 2.45) is 0 Å². The summed E-state index contributed by atoms with van der Waals surface area (Å²) in [5.74, 6) is 3.61. The van der Waals surface area contributed by atoms with Crippen LogP contribution in [0.15, 0.2) is 57.2 Å². The summed E-state index contributed by atoms with van der Waals surface area (Å²) in [6, 6.07) is 8.24. The molecule has 0 amide bonds. The highest BCUT2D eigenvalue weighted by Gasteiger charge is 2.27.